The molecule has 0 saturated carbocycles. The number of amides is 1. The lowest BCUT2D eigenvalue weighted by molar-refractivity contribution is -0.139. The van der Waals surface area contributed by atoms with Crippen LogP contribution in [0.1, 0.15) is 16.1 Å². The molecule has 0 radical (unpaired) electrons. The molecule has 0 aliphatic carbocycles. The molecule has 108 valence electrons. The van der Waals surface area contributed by atoms with Gasteiger partial charge in [-0.05, 0) is 30.7 Å². The third kappa shape index (κ3) is 3.79. The van der Waals surface area contributed by atoms with Gasteiger partial charge in [-0.1, -0.05) is 18.2 Å². The van der Waals surface area contributed by atoms with Crippen molar-refractivity contribution in [2.24, 2.45) is 0 Å². The SMILES string of the molecule is Cc1cccnc1C(=O)Nc1ccccc1OCC(=O)O. The number of anilines is 1. The van der Waals surface area contributed by atoms with E-state index in [9.17, 15) is 9.59 Å². The van der Waals surface area contributed by atoms with Crippen LogP contribution in [0.15, 0.2) is 42.6 Å². The number of carboxylic acids is 1. The highest BCUT2D eigenvalue weighted by Gasteiger charge is 2.13. The average Bonchev–Trinajstić information content (AvgIpc) is 2.46. The molecule has 21 heavy (non-hydrogen) atoms. The van der Waals surface area contributed by atoms with E-state index in [1.54, 1.807) is 43.3 Å². The lowest BCUT2D eigenvalue weighted by atomic mass is 10.2. The molecule has 0 atom stereocenters. The van der Waals surface area contributed by atoms with Gasteiger partial charge in [-0.15, -0.1) is 0 Å². The summed E-state index contributed by atoms with van der Waals surface area (Å²) in [4.78, 5) is 26.8. The fourth-order valence-corrected chi connectivity index (χ4v) is 1.74. The smallest absolute Gasteiger partial charge is 0.341 e. The van der Waals surface area contributed by atoms with Gasteiger partial charge in [0.25, 0.3) is 5.91 Å². The van der Waals surface area contributed by atoms with Gasteiger partial charge in [0.2, 0.25) is 0 Å². The third-order valence-electron chi connectivity index (χ3n) is 2.71. The van der Waals surface area contributed by atoms with Gasteiger partial charge < -0.3 is 15.2 Å². The van der Waals surface area contributed by atoms with E-state index in [0.717, 1.165) is 5.56 Å². The predicted octanol–water partition coefficient (Wildman–Crippen LogP) is 2.11. The second-order valence-corrected chi connectivity index (χ2v) is 4.30. The molecular weight excluding hydrogens is 272 g/mol. The summed E-state index contributed by atoms with van der Waals surface area (Å²) in [6, 6.07) is 10.2. The fraction of sp³-hybridized carbons (Fsp3) is 0.133. The largest absolute Gasteiger partial charge is 0.480 e. The van der Waals surface area contributed by atoms with Gasteiger partial charge in [0.15, 0.2) is 6.61 Å². The molecule has 2 N–H and O–H groups in total. The summed E-state index contributed by atoms with van der Waals surface area (Å²) in [6.45, 7) is 1.31. The van der Waals surface area contributed by atoms with Crippen molar-refractivity contribution in [2.75, 3.05) is 11.9 Å². The Balaban J connectivity index is 2.18. The maximum Gasteiger partial charge on any atom is 0.341 e. The second-order valence-electron chi connectivity index (χ2n) is 4.30. The summed E-state index contributed by atoms with van der Waals surface area (Å²) in [5.74, 6) is -1.17. The summed E-state index contributed by atoms with van der Waals surface area (Å²) in [5.41, 5.74) is 1.46. The molecule has 2 aromatic rings. The molecule has 1 heterocycles. The van der Waals surface area contributed by atoms with Gasteiger partial charge in [-0.25, -0.2) is 4.79 Å². The number of carbonyl (C=O) groups excluding carboxylic acids is 1. The van der Waals surface area contributed by atoms with Crippen LogP contribution >= 0.6 is 0 Å². The molecule has 6 nitrogen and oxygen atoms in total. The van der Waals surface area contributed by atoms with Crippen molar-refractivity contribution in [1.29, 1.82) is 0 Å². The van der Waals surface area contributed by atoms with E-state index in [1.165, 1.54) is 6.20 Å². The quantitative estimate of drug-likeness (QED) is 0.878. The number of rotatable bonds is 5. The van der Waals surface area contributed by atoms with Crippen LogP contribution in [0.3, 0.4) is 0 Å². The summed E-state index contributed by atoms with van der Waals surface area (Å²) < 4.78 is 5.13. The van der Waals surface area contributed by atoms with Gasteiger partial charge in [-0.2, -0.15) is 0 Å². The van der Waals surface area contributed by atoms with E-state index in [2.05, 4.69) is 10.3 Å². The predicted molar refractivity (Wildman–Crippen MR) is 76.5 cm³/mol. The Bertz CT molecular complexity index is 670. The molecule has 1 amide bonds. The van der Waals surface area contributed by atoms with Crippen LogP contribution in [0, 0.1) is 6.92 Å². The Hall–Kier alpha value is -2.89. The second kappa shape index (κ2) is 6.51. The van der Waals surface area contributed by atoms with E-state index in [1.807, 2.05) is 0 Å². The lowest BCUT2D eigenvalue weighted by Gasteiger charge is -2.11. The van der Waals surface area contributed by atoms with Crippen LogP contribution in [-0.4, -0.2) is 28.6 Å². The van der Waals surface area contributed by atoms with Crippen molar-refractivity contribution in [3.05, 3.63) is 53.9 Å². The summed E-state index contributed by atoms with van der Waals surface area (Å²) in [7, 11) is 0. The molecule has 0 bridgehead atoms. The summed E-state index contributed by atoms with van der Waals surface area (Å²) >= 11 is 0. The van der Waals surface area contributed by atoms with Crippen molar-refractivity contribution in [3.63, 3.8) is 0 Å². The monoisotopic (exact) mass is 286 g/mol. The number of carbonyl (C=O) groups is 2. The van der Waals surface area contributed by atoms with Gasteiger partial charge in [0.05, 0.1) is 5.69 Å². The van der Waals surface area contributed by atoms with Crippen molar-refractivity contribution in [1.82, 2.24) is 4.98 Å². The molecule has 0 unspecified atom stereocenters. The number of hydrogen-bond donors (Lipinski definition) is 2. The van der Waals surface area contributed by atoms with Gasteiger partial charge in [0.1, 0.15) is 11.4 Å². The van der Waals surface area contributed by atoms with Crippen LogP contribution in [-0.2, 0) is 4.79 Å². The molecule has 0 aliphatic heterocycles. The number of aromatic nitrogens is 1. The Morgan fingerprint density at radius 3 is 2.71 bits per heavy atom. The minimum atomic E-state index is -1.09. The number of ether oxygens (including phenoxy) is 1. The topological polar surface area (TPSA) is 88.5 Å². The number of carboxylic acid groups (broad SMARTS) is 1. The van der Waals surface area contributed by atoms with Gasteiger partial charge in [-0.3, -0.25) is 9.78 Å². The van der Waals surface area contributed by atoms with E-state index < -0.39 is 12.6 Å². The Morgan fingerprint density at radius 1 is 1.24 bits per heavy atom. The highest BCUT2D eigenvalue weighted by Crippen LogP contribution is 2.24. The zero-order valence-corrected chi connectivity index (χ0v) is 11.4. The maximum absolute atomic E-state index is 12.2. The number of para-hydroxylation sites is 2. The highest BCUT2D eigenvalue weighted by molar-refractivity contribution is 6.04. The van der Waals surface area contributed by atoms with Crippen molar-refractivity contribution in [2.45, 2.75) is 6.92 Å². The molecule has 6 heteroatoms. The zero-order chi connectivity index (χ0) is 15.2. The van der Waals surface area contributed by atoms with Gasteiger partial charge >= 0.3 is 5.97 Å². The van der Waals surface area contributed by atoms with Crippen LogP contribution in [0.25, 0.3) is 0 Å². The maximum atomic E-state index is 12.2. The number of pyridine rings is 1. The van der Waals surface area contributed by atoms with Crippen molar-refractivity contribution >= 4 is 17.6 Å². The van der Waals surface area contributed by atoms with E-state index in [-0.39, 0.29) is 5.91 Å². The van der Waals surface area contributed by atoms with Crippen molar-refractivity contribution in [3.8, 4) is 5.75 Å². The van der Waals surface area contributed by atoms with Crippen LogP contribution in [0.4, 0.5) is 5.69 Å². The normalized spacial score (nSPS) is 9.95. The van der Waals surface area contributed by atoms with Crippen LogP contribution < -0.4 is 10.1 Å². The number of aliphatic carboxylic acids is 1. The van der Waals surface area contributed by atoms with Gasteiger partial charge in [0, 0.05) is 6.20 Å². The molecule has 2 rings (SSSR count). The standard InChI is InChI=1S/C15H14N2O4/c1-10-5-4-8-16-14(10)15(20)17-11-6-2-3-7-12(11)21-9-13(18)19/h2-8H,9H2,1H3,(H,17,20)(H,18,19). The van der Waals surface area contributed by atoms with E-state index in [0.29, 0.717) is 17.1 Å². The molecule has 1 aromatic heterocycles. The van der Waals surface area contributed by atoms with Crippen LogP contribution in [0.5, 0.6) is 5.75 Å². The number of hydrogen-bond acceptors (Lipinski definition) is 4. The summed E-state index contributed by atoms with van der Waals surface area (Å²) in [5, 5.41) is 11.3. The van der Waals surface area contributed by atoms with Crippen molar-refractivity contribution < 1.29 is 19.4 Å². The first-order chi connectivity index (χ1) is 10.1. The first kappa shape index (κ1) is 14.5. The molecule has 0 aliphatic rings. The lowest BCUT2D eigenvalue weighted by Crippen LogP contribution is -2.17. The Morgan fingerprint density at radius 2 is 2.00 bits per heavy atom. The molecule has 1 aromatic carbocycles. The number of nitrogens with one attached hydrogen (secondary N) is 1. The average molecular weight is 286 g/mol. The molecular formula is C15H14N2O4. The molecule has 0 fully saturated rings. The number of benzene rings is 1. The molecule has 0 spiro atoms. The van der Waals surface area contributed by atoms with Crippen LogP contribution in [0.2, 0.25) is 0 Å². The fourth-order valence-electron chi connectivity index (χ4n) is 1.74. The Labute approximate surface area is 121 Å². The van der Waals surface area contributed by atoms with E-state index in [4.69, 9.17) is 9.84 Å². The molecule has 0 saturated heterocycles. The highest BCUT2D eigenvalue weighted by atomic mass is 16.5. The zero-order valence-electron chi connectivity index (χ0n) is 11.4. The first-order valence-corrected chi connectivity index (χ1v) is 6.24. The summed E-state index contributed by atoms with van der Waals surface area (Å²) in [6.07, 6.45) is 1.54. The van der Waals surface area contributed by atoms with E-state index >= 15 is 0 Å². The number of aryl methyl sites for hydroxylation is 1. The minimum Gasteiger partial charge on any atom is -0.480 e. The Kier molecular flexibility index (Phi) is 4.50. The first-order valence-electron chi connectivity index (χ1n) is 6.24. The minimum absolute atomic E-state index is 0.293. The third-order valence-corrected chi connectivity index (χ3v) is 2.71. The number of nitrogens with zero attached hydrogens (tertiary/aromatic N) is 1.